The van der Waals surface area contributed by atoms with Gasteiger partial charge in [0, 0.05) is 4.47 Å². The minimum Gasteiger partial charge on any atom is -0.361 e. The van der Waals surface area contributed by atoms with Crippen LogP contribution in [0.5, 0.6) is 5.75 Å². The Labute approximate surface area is 110 Å². The summed E-state index contributed by atoms with van der Waals surface area (Å²) in [5.41, 5.74) is 0. The van der Waals surface area contributed by atoms with Crippen LogP contribution >= 0.6 is 38.5 Å². The summed E-state index contributed by atoms with van der Waals surface area (Å²) >= 11 is 5.20. The normalized spacial score (nSPS) is 10.8. The van der Waals surface area contributed by atoms with Crippen LogP contribution in [0.15, 0.2) is 35.5 Å². The zero-order valence-corrected chi connectivity index (χ0v) is 11.9. The predicted molar refractivity (Wildman–Crippen MR) is 67.7 cm³/mol. The lowest BCUT2D eigenvalue weighted by molar-refractivity contribution is 0.362. The van der Waals surface area contributed by atoms with Gasteiger partial charge in [-0.2, -0.15) is 0 Å². The number of rotatable bonds is 4. The Bertz CT molecular complexity index is 472. The maximum atomic E-state index is 11.1. The number of hydrogen-bond acceptors (Lipinski definition) is 4. The first-order chi connectivity index (χ1) is 6.94. The lowest BCUT2D eigenvalue weighted by Gasteiger charge is -2.06. The van der Waals surface area contributed by atoms with Crippen molar-refractivity contribution >= 4 is 48.9 Å². The molecule has 1 aromatic carbocycles. The van der Waals surface area contributed by atoms with E-state index < -0.39 is 10.4 Å². The predicted octanol–water partition coefficient (Wildman–Crippen LogP) is 2.84. The fourth-order valence-corrected chi connectivity index (χ4v) is 2.89. The van der Waals surface area contributed by atoms with E-state index in [1.54, 1.807) is 12.1 Å². The Morgan fingerprint density at radius 2 is 2.13 bits per heavy atom. The van der Waals surface area contributed by atoms with Crippen molar-refractivity contribution in [3.05, 3.63) is 39.1 Å². The number of halogens is 2. The van der Waals surface area contributed by atoms with Gasteiger partial charge in [-0.05, 0) is 40.8 Å². The van der Waals surface area contributed by atoms with E-state index in [-0.39, 0.29) is 5.75 Å². The molecule has 0 radical (unpaired) electrons. The van der Waals surface area contributed by atoms with E-state index in [1.165, 1.54) is 6.07 Å². The summed E-state index contributed by atoms with van der Waals surface area (Å²) in [6.45, 7) is 3.13. The van der Waals surface area contributed by atoms with E-state index in [2.05, 4.69) is 30.9 Å². The van der Waals surface area contributed by atoms with Gasteiger partial charge < -0.3 is 8.37 Å². The Kier molecular flexibility index (Phi) is 4.41. The highest BCUT2D eigenvalue weighted by Gasteiger charge is 2.14. The zero-order valence-electron chi connectivity index (χ0n) is 7.31. The van der Waals surface area contributed by atoms with Crippen molar-refractivity contribution in [3.8, 4) is 5.75 Å². The molecule has 0 saturated heterocycles. The van der Waals surface area contributed by atoms with Crippen LogP contribution in [-0.2, 0) is 14.6 Å². The molecule has 0 fully saturated rings. The maximum Gasteiger partial charge on any atom is 0.500 e. The Morgan fingerprint density at radius 1 is 1.47 bits per heavy atom. The molecule has 0 amide bonds. The molecule has 0 heterocycles. The average molecular weight is 405 g/mol. The van der Waals surface area contributed by atoms with E-state index in [0.29, 0.717) is 3.57 Å². The summed E-state index contributed by atoms with van der Waals surface area (Å²) in [5.74, 6) is 0.209. The first-order valence-corrected chi connectivity index (χ1v) is 6.84. The molecule has 0 aliphatic rings. The monoisotopic (exact) mass is 404 g/mol. The molecule has 4 nitrogen and oxygen atoms in total. The van der Waals surface area contributed by atoms with Crippen molar-refractivity contribution in [2.45, 2.75) is 0 Å². The summed E-state index contributed by atoms with van der Waals surface area (Å²) in [4.78, 5) is 0. The average Bonchev–Trinajstić information content (AvgIpc) is 2.09. The lowest BCUT2D eigenvalue weighted by Crippen LogP contribution is -2.10. The lowest BCUT2D eigenvalue weighted by atomic mass is 10.3. The molecule has 0 N–H and O–H groups in total. The first-order valence-electron chi connectivity index (χ1n) is 3.63. The smallest absolute Gasteiger partial charge is 0.361 e. The van der Waals surface area contributed by atoms with E-state index in [1.807, 2.05) is 22.6 Å². The molecule has 0 saturated carbocycles. The molecule has 0 aliphatic carbocycles. The van der Waals surface area contributed by atoms with Gasteiger partial charge in [-0.3, -0.25) is 0 Å². The molecule has 15 heavy (non-hydrogen) atoms. The van der Waals surface area contributed by atoms with Gasteiger partial charge in [0.05, 0.1) is 3.57 Å². The summed E-state index contributed by atoms with van der Waals surface area (Å²) in [6, 6.07) is 4.91. The van der Waals surface area contributed by atoms with Crippen molar-refractivity contribution in [1.29, 1.82) is 0 Å². The second-order valence-corrected chi connectivity index (χ2v) is 5.58. The van der Waals surface area contributed by atoms with Gasteiger partial charge in [0.15, 0.2) is 5.75 Å². The highest BCUT2D eigenvalue weighted by Crippen LogP contribution is 2.25. The van der Waals surface area contributed by atoms with Crippen LogP contribution in [0, 0.1) is 3.57 Å². The highest BCUT2D eigenvalue weighted by atomic mass is 127. The molecule has 1 rings (SSSR count). The van der Waals surface area contributed by atoms with Gasteiger partial charge in [-0.15, -0.1) is 8.42 Å². The van der Waals surface area contributed by atoms with Crippen molar-refractivity contribution in [2.75, 3.05) is 0 Å². The van der Waals surface area contributed by atoms with Gasteiger partial charge in [0.2, 0.25) is 0 Å². The van der Waals surface area contributed by atoms with Crippen LogP contribution < -0.4 is 4.18 Å². The minimum absolute atomic E-state index is 0.209. The minimum atomic E-state index is -4.06. The first kappa shape index (κ1) is 12.8. The van der Waals surface area contributed by atoms with Crippen LogP contribution in [-0.4, -0.2) is 8.42 Å². The third-order valence-corrected chi connectivity index (χ3v) is 3.36. The van der Waals surface area contributed by atoms with E-state index >= 15 is 0 Å². The largest absolute Gasteiger partial charge is 0.500 e. The van der Waals surface area contributed by atoms with E-state index in [9.17, 15) is 8.42 Å². The van der Waals surface area contributed by atoms with Crippen molar-refractivity contribution in [1.82, 2.24) is 0 Å². The third kappa shape index (κ3) is 3.99. The molecule has 0 aliphatic heterocycles. The second kappa shape index (κ2) is 5.17. The van der Waals surface area contributed by atoms with Crippen LogP contribution in [0.3, 0.4) is 0 Å². The summed E-state index contributed by atoms with van der Waals surface area (Å²) in [5, 5.41) is 0. The van der Waals surface area contributed by atoms with E-state index in [0.717, 1.165) is 10.7 Å². The van der Waals surface area contributed by atoms with Crippen molar-refractivity contribution in [2.24, 2.45) is 0 Å². The molecule has 0 unspecified atom stereocenters. The topological polar surface area (TPSA) is 52.6 Å². The van der Waals surface area contributed by atoms with Gasteiger partial charge in [-0.25, -0.2) is 0 Å². The highest BCUT2D eigenvalue weighted by molar-refractivity contribution is 14.1. The van der Waals surface area contributed by atoms with Crippen molar-refractivity contribution < 1.29 is 16.8 Å². The summed E-state index contributed by atoms with van der Waals surface area (Å²) < 4.78 is 32.6. The van der Waals surface area contributed by atoms with Crippen molar-refractivity contribution in [3.63, 3.8) is 0 Å². The van der Waals surface area contributed by atoms with Gasteiger partial charge in [0.25, 0.3) is 0 Å². The van der Waals surface area contributed by atoms with Gasteiger partial charge >= 0.3 is 10.4 Å². The summed E-state index contributed by atoms with van der Waals surface area (Å²) in [6.07, 6.45) is 0.793. The third-order valence-electron chi connectivity index (χ3n) is 1.27. The van der Waals surface area contributed by atoms with E-state index in [4.69, 9.17) is 0 Å². The van der Waals surface area contributed by atoms with Crippen LogP contribution in [0.25, 0.3) is 0 Å². The number of hydrogen-bond donors (Lipinski definition) is 0. The van der Waals surface area contributed by atoms with Gasteiger partial charge in [0.1, 0.15) is 6.26 Å². The van der Waals surface area contributed by atoms with Crippen LogP contribution in [0.1, 0.15) is 0 Å². The molecule has 82 valence electrons. The SMILES string of the molecule is C=COS(=O)(=O)Oc1ccc(Br)cc1I. The molecule has 0 atom stereocenters. The molecular weight excluding hydrogens is 399 g/mol. The standard InChI is InChI=1S/C8H6BrIO4S/c1-2-13-15(11,12)14-8-4-3-6(9)5-7(8)10/h2-5H,1H2. The molecular formula is C8H6BrIO4S. The Balaban J connectivity index is 2.95. The van der Waals surface area contributed by atoms with Gasteiger partial charge in [-0.1, -0.05) is 22.5 Å². The Morgan fingerprint density at radius 3 is 2.67 bits per heavy atom. The molecule has 1 aromatic rings. The van der Waals surface area contributed by atoms with Crippen LogP contribution in [0.4, 0.5) is 0 Å². The second-order valence-electron chi connectivity index (χ2n) is 2.33. The molecule has 0 aromatic heterocycles. The molecule has 0 spiro atoms. The fraction of sp³-hybridized carbons (Fsp3) is 0. The Hall–Kier alpha value is -0.280. The fourth-order valence-electron chi connectivity index (χ4n) is 0.756. The quantitative estimate of drug-likeness (QED) is 0.572. The maximum absolute atomic E-state index is 11.1. The zero-order chi connectivity index (χ0) is 11.5. The van der Waals surface area contributed by atoms with Crippen LogP contribution in [0.2, 0.25) is 0 Å². The summed E-state index contributed by atoms with van der Waals surface area (Å²) in [7, 11) is -4.06. The number of benzene rings is 1. The molecule has 7 heteroatoms. The molecule has 0 bridgehead atoms.